The van der Waals surface area contributed by atoms with Crippen LogP contribution in [0.2, 0.25) is 0 Å². The average Bonchev–Trinajstić information content (AvgIpc) is 2.99. The van der Waals surface area contributed by atoms with Crippen molar-refractivity contribution in [3.63, 3.8) is 0 Å². The molecule has 0 heterocycles. The van der Waals surface area contributed by atoms with Gasteiger partial charge >= 0.3 is 17.9 Å². The molecule has 0 saturated carbocycles. The number of carbonyl (C=O) groups is 3. The molecule has 3 N–H and O–H groups in total. The smallest absolute Gasteiger partial charge is 0.316 e. The van der Waals surface area contributed by atoms with E-state index in [9.17, 15) is 29.7 Å². The van der Waals surface area contributed by atoms with Gasteiger partial charge in [0.15, 0.2) is 0 Å². The van der Waals surface area contributed by atoms with Crippen LogP contribution in [0, 0.1) is 17.8 Å². The minimum absolute atomic E-state index is 0.00630. The van der Waals surface area contributed by atoms with Crippen LogP contribution in [0.5, 0.6) is 0 Å². The summed E-state index contributed by atoms with van der Waals surface area (Å²) in [6, 6.07) is 0. The van der Waals surface area contributed by atoms with Crippen LogP contribution in [0.15, 0.2) is 0 Å². The van der Waals surface area contributed by atoms with Crippen molar-refractivity contribution < 1.29 is 34.3 Å². The Morgan fingerprint density at radius 1 is 0.500 bits per heavy atom. The van der Waals surface area contributed by atoms with Crippen molar-refractivity contribution in [3.8, 4) is 0 Å². The molecule has 0 aromatic rings. The number of carboxylic acids is 3. The third-order valence-corrected chi connectivity index (χ3v) is 16.6. The van der Waals surface area contributed by atoms with Crippen molar-refractivity contribution in [2.75, 3.05) is 0 Å². The Morgan fingerprint density at radius 3 is 0.886 bits per heavy atom. The van der Waals surface area contributed by atoms with Gasteiger partial charge in [0.05, 0.1) is 0 Å². The molecular weight excluding hydrogens is 575 g/mol. The molecule has 0 rings (SSSR count). The predicted octanol–water partition coefficient (Wildman–Crippen LogP) is 10.9. The zero-order valence-electron chi connectivity index (χ0n) is 29.9. The maximum Gasteiger partial charge on any atom is 0.316 e. The summed E-state index contributed by atoms with van der Waals surface area (Å²) < 4.78 is 16.2. The number of aliphatic carboxylic acids is 3. The zero-order chi connectivity index (χ0) is 34.2. The van der Waals surface area contributed by atoms with E-state index in [1.807, 2.05) is 0 Å². The molecule has 0 aliphatic rings. The van der Waals surface area contributed by atoms with Crippen LogP contribution in [0.3, 0.4) is 0 Å². The predicted molar refractivity (Wildman–Crippen MR) is 183 cm³/mol. The third-order valence-electron chi connectivity index (χ3n) is 11.2. The van der Waals surface area contributed by atoms with Gasteiger partial charge in [-0.2, -0.15) is 0 Å². The molecule has 44 heavy (non-hydrogen) atoms. The Hall–Kier alpha value is -1.36. The van der Waals surface area contributed by atoms with E-state index in [0.717, 1.165) is 77.0 Å². The van der Waals surface area contributed by atoms with Crippen molar-refractivity contribution in [1.29, 1.82) is 0 Å². The second-order valence-electron chi connectivity index (χ2n) is 14.2. The van der Waals surface area contributed by atoms with Gasteiger partial charge in [-0.15, -0.1) is 0 Å². The summed E-state index contributed by atoms with van der Waals surface area (Å²) in [6.07, 6.45) is 12.6. The van der Waals surface area contributed by atoms with Gasteiger partial charge in [-0.3, -0.25) is 14.4 Å². The minimum atomic E-state index is -4.63. The van der Waals surface area contributed by atoms with Gasteiger partial charge in [0.2, 0.25) is 0 Å². The molecule has 0 aliphatic carbocycles. The molecule has 7 nitrogen and oxygen atoms in total. The summed E-state index contributed by atoms with van der Waals surface area (Å²) in [5.74, 6) is -3.43. The number of hydrogen-bond acceptors (Lipinski definition) is 4. The summed E-state index contributed by atoms with van der Waals surface area (Å²) in [5.41, 5.74) is 0. The molecule has 0 fully saturated rings. The number of hydrogen-bond donors (Lipinski definition) is 3. The lowest BCUT2D eigenvalue weighted by Gasteiger charge is -2.51. The second kappa shape index (κ2) is 20.0. The van der Waals surface area contributed by atoms with Crippen LogP contribution in [0.4, 0.5) is 0 Å². The van der Waals surface area contributed by atoms with Crippen LogP contribution >= 0.6 is 7.14 Å². The first-order valence-electron chi connectivity index (χ1n) is 17.9. The van der Waals surface area contributed by atoms with Gasteiger partial charge in [-0.25, -0.2) is 0 Å². The van der Waals surface area contributed by atoms with Gasteiger partial charge in [0.1, 0.15) is 22.6 Å². The average molecular weight is 645 g/mol. The van der Waals surface area contributed by atoms with E-state index >= 15 is 4.57 Å². The van der Waals surface area contributed by atoms with Crippen molar-refractivity contribution in [1.82, 2.24) is 0 Å². The largest absolute Gasteiger partial charge is 0.480 e. The van der Waals surface area contributed by atoms with Gasteiger partial charge in [0, 0.05) is 0 Å². The second-order valence-corrected chi connectivity index (χ2v) is 18.4. The van der Waals surface area contributed by atoms with Crippen LogP contribution in [0.1, 0.15) is 178 Å². The van der Waals surface area contributed by atoms with E-state index in [1.54, 1.807) is 0 Å². The highest BCUT2D eigenvalue weighted by Gasteiger charge is 2.71. The van der Waals surface area contributed by atoms with Gasteiger partial charge < -0.3 is 19.9 Å². The van der Waals surface area contributed by atoms with Crippen molar-refractivity contribution in [2.24, 2.45) is 17.8 Å². The fourth-order valence-corrected chi connectivity index (χ4v) is 12.8. The monoisotopic (exact) mass is 644 g/mol. The van der Waals surface area contributed by atoms with E-state index in [1.165, 1.54) is 20.8 Å². The number of unbranched alkanes of at least 4 members (excludes halogenated alkanes) is 3. The highest BCUT2D eigenvalue weighted by molar-refractivity contribution is 7.71. The SMILES string of the molecule is CCCCC(CC)CCC(C)(C(=O)O)P(=O)(C(C)(CCC(CC)CCCC)C(=O)O)C(C)(CCC(CC)CCCC)C(=O)O. The molecule has 0 radical (unpaired) electrons. The Morgan fingerprint density at radius 2 is 0.727 bits per heavy atom. The van der Waals surface area contributed by atoms with E-state index < -0.39 is 40.5 Å². The first-order chi connectivity index (χ1) is 20.6. The van der Waals surface area contributed by atoms with Crippen LogP contribution < -0.4 is 0 Å². The van der Waals surface area contributed by atoms with E-state index in [-0.39, 0.29) is 37.0 Å². The maximum absolute atomic E-state index is 16.2. The quantitative estimate of drug-likeness (QED) is 0.0759. The maximum atomic E-state index is 16.2. The molecule has 260 valence electrons. The highest BCUT2D eigenvalue weighted by Crippen LogP contribution is 2.78. The molecule has 0 spiro atoms. The van der Waals surface area contributed by atoms with E-state index in [0.29, 0.717) is 19.3 Å². The molecule has 0 amide bonds. The lowest BCUT2D eigenvalue weighted by atomic mass is 9.89. The fourth-order valence-electron chi connectivity index (χ4n) is 7.42. The molecule has 0 saturated heterocycles. The number of rotatable bonds is 27. The summed E-state index contributed by atoms with van der Waals surface area (Å²) in [7, 11) is -4.63. The summed E-state index contributed by atoms with van der Waals surface area (Å²) in [5, 5.41) is 26.8. The van der Waals surface area contributed by atoms with Crippen LogP contribution in [-0.4, -0.2) is 48.7 Å². The molecular formula is C36H69O7P. The Labute approximate surface area is 270 Å². The molecule has 0 aromatic heterocycles. The van der Waals surface area contributed by atoms with Gasteiger partial charge in [-0.1, -0.05) is 119 Å². The fraction of sp³-hybridized carbons (Fsp3) is 0.917. The summed E-state index contributed by atoms with van der Waals surface area (Å²) >= 11 is 0. The summed E-state index contributed by atoms with van der Waals surface area (Å²) in [4.78, 5) is 40.3. The number of carboxylic acid groups (broad SMARTS) is 3. The summed E-state index contributed by atoms with van der Waals surface area (Å²) in [6.45, 7) is 16.7. The van der Waals surface area contributed by atoms with Crippen LogP contribution in [0.25, 0.3) is 0 Å². The van der Waals surface area contributed by atoms with Crippen molar-refractivity contribution in [2.45, 2.75) is 193 Å². The lowest BCUT2D eigenvalue weighted by molar-refractivity contribution is -0.141. The van der Waals surface area contributed by atoms with Gasteiger partial charge in [-0.05, 0) is 77.0 Å². The molecule has 0 aromatic carbocycles. The Balaban J connectivity index is 7.39. The highest BCUT2D eigenvalue weighted by atomic mass is 31.2. The first-order valence-corrected chi connectivity index (χ1v) is 19.6. The van der Waals surface area contributed by atoms with Crippen LogP contribution in [-0.2, 0) is 18.9 Å². The molecule has 6 atom stereocenters. The standard InChI is InChI=1S/C36H69O7P/c1-10-16-19-28(13-4)22-25-34(7,31(37)38)44(43,35(8,32(39)40)26-23-29(14-5)20-17-11-2)36(9,33(41)42)27-24-30(15-6)21-18-12-3/h28-30H,10-27H2,1-9H3,(H,37,38)(H,39,40)(H,41,42). The Kier molecular flexibility index (Phi) is 19.4. The molecule has 0 bridgehead atoms. The van der Waals surface area contributed by atoms with E-state index in [4.69, 9.17) is 0 Å². The molecule has 8 heteroatoms. The zero-order valence-corrected chi connectivity index (χ0v) is 30.8. The Bertz CT molecular complexity index is 806. The molecule has 6 unspecified atom stereocenters. The topological polar surface area (TPSA) is 129 Å². The first kappa shape index (κ1) is 42.6. The normalized spacial score (nSPS) is 19.5. The lowest BCUT2D eigenvalue weighted by Crippen LogP contribution is -2.56. The minimum Gasteiger partial charge on any atom is -0.480 e. The van der Waals surface area contributed by atoms with Gasteiger partial charge in [0.25, 0.3) is 0 Å². The van der Waals surface area contributed by atoms with Crippen molar-refractivity contribution >= 4 is 25.0 Å². The molecule has 0 aliphatic heterocycles. The van der Waals surface area contributed by atoms with Crippen molar-refractivity contribution in [3.05, 3.63) is 0 Å². The van der Waals surface area contributed by atoms with E-state index in [2.05, 4.69) is 41.5 Å². The third kappa shape index (κ3) is 10.1.